The monoisotopic (exact) mass is 384 g/mol. The van der Waals surface area contributed by atoms with Crippen molar-refractivity contribution in [1.82, 2.24) is 0 Å². The van der Waals surface area contributed by atoms with Crippen LogP contribution >= 0.6 is 0 Å². The number of ketones is 1. The van der Waals surface area contributed by atoms with Gasteiger partial charge in [-0.15, -0.1) is 5.73 Å². The number of hydrogen-bond donors (Lipinski definition) is 1. The number of allylic oxidation sites excluding steroid dienone is 1. The van der Waals surface area contributed by atoms with Crippen molar-refractivity contribution in [1.29, 1.82) is 0 Å². The molecule has 0 saturated heterocycles. The number of rotatable bonds is 10. The van der Waals surface area contributed by atoms with E-state index >= 15 is 0 Å². The Kier molecular flexibility index (Phi) is 9.26. The summed E-state index contributed by atoms with van der Waals surface area (Å²) in [7, 11) is 1.23. The van der Waals surface area contributed by atoms with Gasteiger partial charge in [0.1, 0.15) is 11.5 Å². The number of Topliss-reactive ketones (excluding diaryl/α,β-unsaturated/α-hetero) is 1. The largest absolute Gasteiger partial charge is 0.493 e. The van der Waals surface area contributed by atoms with Crippen LogP contribution in [-0.4, -0.2) is 36.7 Å². The van der Waals surface area contributed by atoms with Gasteiger partial charge in [0.15, 0.2) is 6.10 Å². The molecule has 1 N–H and O–H groups in total. The molecule has 28 heavy (non-hydrogen) atoms. The van der Waals surface area contributed by atoms with Crippen LogP contribution in [0.1, 0.15) is 32.1 Å². The Bertz CT molecular complexity index is 716. The number of hydrogen-bond acceptors (Lipinski definition) is 5. The second-order valence-corrected chi connectivity index (χ2v) is 6.74. The predicted octanol–water partition coefficient (Wildman–Crippen LogP) is 3.63. The van der Waals surface area contributed by atoms with E-state index in [0.29, 0.717) is 19.4 Å². The van der Waals surface area contributed by atoms with Gasteiger partial charge in [0.05, 0.1) is 13.7 Å². The first-order valence-corrected chi connectivity index (χ1v) is 9.64. The Hall–Kier alpha value is -2.62. The number of para-hydroxylation sites is 1. The molecule has 5 nitrogen and oxygen atoms in total. The first-order valence-electron chi connectivity index (χ1n) is 9.64. The van der Waals surface area contributed by atoms with Gasteiger partial charge in [-0.05, 0) is 49.5 Å². The maximum Gasteiger partial charge on any atom is 0.335 e. The van der Waals surface area contributed by atoms with Gasteiger partial charge in [0.2, 0.25) is 0 Å². The summed E-state index contributed by atoms with van der Waals surface area (Å²) >= 11 is 0. The third-order valence-electron chi connectivity index (χ3n) is 4.76. The Labute approximate surface area is 166 Å². The summed E-state index contributed by atoms with van der Waals surface area (Å²) in [5, 5.41) is 9.49. The lowest BCUT2D eigenvalue weighted by molar-refractivity contribution is -0.150. The molecule has 1 saturated carbocycles. The van der Waals surface area contributed by atoms with Crippen molar-refractivity contribution >= 4 is 11.8 Å². The lowest BCUT2D eigenvalue weighted by atomic mass is 9.91. The molecule has 0 radical (unpaired) electrons. The van der Waals surface area contributed by atoms with Crippen LogP contribution < -0.4 is 4.74 Å². The molecular weight excluding hydrogens is 356 g/mol. The second-order valence-electron chi connectivity index (χ2n) is 6.74. The smallest absolute Gasteiger partial charge is 0.335 e. The van der Waals surface area contributed by atoms with E-state index in [2.05, 4.69) is 22.6 Å². The highest BCUT2D eigenvalue weighted by Crippen LogP contribution is 2.32. The molecule has 5 heteroatoms. The van der Waals surface area contributed by atoms with Crippen LogP contribution in [-0.2, 0) is 14.3 Å². The second kappa shape index (κ2) is 12.0. The van der Waals surface area contributed by atoms with E-state index in [1.807, 2.05) is 30.3 Å². The molecule has 1 aliphatic rings. The highest BCUT2D eigenvalue weighted by molar-refractivity contribution is 5.83. The van der Waals surface area contributed by atoms with E-state index in [1.54, 1.807) is 12.2 Å². The van der Waals surface area contributed by atoms with Crippen LogP contribution in [0.5, 0.6) is 5.75 Å². The molecule has 0 aromatic heterocycles. The summed E-state index contributed by atoms with van der Waals surface area (Å²) < 4.78 is 10.1. The van der Waals surface area contributed by atoms with Crippen molar-refractivity contribution in [3.05, 3.63) is 60.4 Å². The SMILES string of the molecule is COC(=O)C(O)CC=C=CC[C@H]1C(=O)CC[C@@H]1/C=C/CCOc1ccccc1. The van der Waals surface area contributed by atoms with Gasteiger partial charge >= 0.3 is 5.97 Å². The van der Waals surface area contributed by atoms with Crippen molar-refractivity contribution in [2.45, 2.75) is 38.2 Å². The van der Waals surface area contributed by atoms with Crippen molar-refractivity contribution < 1.29 is 24.2 Å². The van der Waals surface area contributed by atoms with Crippen molar-refractivity contribution in [3.63, 3.8) is 0 Å². The van der Waals surface area contributed by atoms with E-state index in [-0.39, 0.29) is 24.0 Å². The number of carbonyl (C=O) groups is 2. The van der Waals surface area contributed by atoms with Gasteiger partial charge in [-0.3, -0.25) is 4.79 Å². The molecular formula is C23H28O5. The molecule has 150 valence electrons. The van der Waals surface area contributed by atoms with Gasteiger partial charge in [-0.25, -0.2) is 4.79 Å². The fraction of sp³-hybridized carbons (Fsp3) is 0.435. The summed E-state index contributed by atoms with van der Waals surface area (Å²) in [4.78, 5) is 23.2. The van der Waals surface area contributed by atoms with Gasteiger partial charge in [0, 0.05) is 18.8 Å². The summed E-state index contributed by atoms with van der Waals surface area (Å²) in [5.74, 6) is 0.688. The average Bonchev–Trinajstić information content (AvgIpc) is 3.07. The summed E-state index contributed by atoms with van der Waals surface area (Å²) in [5.41, 5.74) is 2.94. The summed E-state index contributed by atoms with van der Waals surface area (Å²) in [6.45, 7) is 0.608. The van der Waals surface area contributed by atoms with Crippen LogP contribution in [0, 0.1) is 11.8 Å². The average molecular weight is 384 g/mol. The van der Waals surface area contributed by atoms with E-state index in [0.717, 1.165) is 18.6 Å². The summed E-state index contributed by atoms with van der Waals surface area (Å²) in [6.07, 6.45) is 9.47. The lowest BCUT2D eigenvalue weighted by Gasteiger charge is -2.12. The molecule has 0 aliphatic heterocycles. The van der Waals surface area contributed by atoms with Crippen LogP contribution in [0.25, 0.3) is 0 Å². The van der Waals surface area contributed by atoms with Gasteiger partial charge < -0.3 is 14.6 Å². The van der Waals surface area contributed by atoms with Crippen LogP contribution in [0.15, 0.2) is 60.4 Å². The standard InChI is InChI=1S/C23H28O5/c1-27-23(26)22(25)14-7-3-6-13-20-18(15-16-21(20)24)10-8-9-17-28-19-11-4-2-5-12-19/h2,4-8,10-12,18,20,22,25H,9,13-17H2,1H3/b10-8+/t3?,18-,20+,22?/m0/s1. The number of aliphatic hydroxyl groups excluding tert-OH is 1. The van der Waals surface area contributed by atoms with Gasteiger partial charge in [-0.2, -0.15) is 0 Å². The zero-order valence-electron chi connectivity index (χ0n) is 16.3. The first-order chi connectivity index (χ1) is 13.6. The molecule has 2 rings (SSSR count). The highest BCUT2D eigenvalue weighted by Gasteiger charge is 2.31. The van der Waals surface area contributed by atoms with E-state index in [9.17, 15) is 14.7 Å². The minimum absolute atomic E-state index is 0.0299. The fourth-order valence-electron chi connectivity index (χ4n) is 3.19. The zero-order chi connectivity index (χ0) is 20.2. The van der Waals surface area contributed by atoms with Crippen molar-refractivity contribution in [2.24, 2.45) is 11.8 Å². The van der Waals surface area contributed by atoms with E-state index in [4.69, 9.17) is 4.74 Å². The molecule has 1 fully saturated rings. The third-order valence-corrected chi connectivity index (χ3v) is 4.76. The molecule has 0 spiro atoms. The molecule has 3 atom stereocenters. The number of esters is 1. The molecule has 0 amide bonds. The predicted molar refractivity (Wildman–Crippen MR) is 107 cm³/mol. The quantitative estimate of drug-likeness (QED) is 0.289. The molecule has 0 heterocycles. The number of benzene rings is 1. The van der Waals surface area contributed by atoms with Gasteiger partial charge in [0.25, 0.3) is 0 Å². The normalized spacial score (nSPS) is 19.9. The topological polar surface area (TPSA) is 72.8 Å². The number of methoxy groups -OCH3 is 1. The zero-order valence-corrected chi connectivity index (χ0v) is 16.3. The highest BCUT2D eigenvalue weighted by atomic mass is 16.5. The molecule has 1 unspecified atom stereocenters. The maximum absolute atomic E-state index is 12.1. The van der Waals surface area contributed by atoms with Crippen LogP contribution in [0.3, 0.4) is 0 Å². The molecule has 0 bridgehead atoms. The first kappa shape index (κ1) is 21.7. The molecule has 1 aromatic rings. The Balaban J connectivity index is 1.75. The Morgan fingerprint density at radius 3 is 2.86 bits per heavy atom. The lowest BCUT2D eigenvalue weighted by Crippen LogP contribution is -2.20. The van der Waals surface area contributed by atoms with Gasteiger partial charge in [-0.1, -0.05) is 30.4 Å². The van der Waals surface area contributed by atoms with Crippen LogP contribution in [0.4, 0.5) is 0 Å². The minimum atomic E-state index is -1.17. The third kappa shape index (κ3) is 7.18. The Morgan fingerprint density at radius 2 is 2.11 bits per heavy atom. The molecule has 1 aromatic carbocycles. The summed E-state index contributed by atoms with van der Waals surface area (Å²) in [6, 6.07) is 9.70. The van der Waals surface area contributed by atoms with Crippen LogP contribution in [0.2, 0.25) is 0 Å². The number of aliphatic hydroxyl groups is 1. The maximum atomic E-state index is 12.1. The van der Waals surface area contributed by atoms with E-state index in [1.165, 1.54) is 7.11 Å². The number of ether oxygens (including phenoxy) is 2. The van der Waals surface area contributed by atoms with Crippen molar-refractivity contribution in [3.8, 4) is 5.75 Å². The fourth-order valence-corrected chi connectivity index (χ4v) is 3.19. The van der Waals surface area contributed by atoms with Crippen molar-refractivity contribution in [2.75, 3.05) is 13.7 Å². The number of carbonyl (C=O) groups excluding carboxylic acids is 2. The minimum Gasteiger partial charge on any atom is -0.493 e. The molecule has 1 aliphatic carbocycles. The Morgan fingerprint density at radius 1 is 1.32 bits per heavy atom. The van der Waals surface area contributed by atoms with E-state index < -0.39 is 12.1 Å².